The third kappa shape index (κ3) is 5.87. The van der Waals surface area contributed by atoms with Gasteiger partial charge in [0.05, 0.1) is 5.75 Å². The molecule has 0 aliphatic rings. The van der Waals surface area contributed by atoms with Gasteiger partial charge in [-0.2, -0.15) is 0 Å². The second kappa shape index (κ2) is 9.31. The first kappa shape index (κ1) is 20.5. The molecule has 0 atom stereocenters. The van der Waals surface area contributed by atoms with E-state index in [1.807, 2.05) is 18.2 Å². The van der Waals surface area contributed by atoms with Gasteiger partial charge in [0.2, 0.25) is 15.9 Å². The number of sulfonamides is 1. The van der Waals surface area contributed by atoms with Gasteiger partial charge in [-0.1, -0.05) is 42.5 Å². The molecule has 1 heterocycles. The number of aromatic nitrogens is 1. The van der Waals surface area contributed by atoms with Crippen LogP contribution in [0, 0.1) is 0 Å². The van der Waals surface area contributed by atoms with Crippen LogP contribution in [-0.4, -0.2) is 26.4 Å². The Morgan fingerprint density at radius 3 is 2.34 bits per heavy atom. The smallest absolute Gasteiger partial charge is 0.257 e. The van der Waals surface area contributed by atoms with Gasteiger partial charge >= 0.3 is 0 Å². The second-order valence-electron chi connectivity index (χ2n) is 6.23. The van der Waals surface area contributed by atoms with E-state index in [1.165, 1.54) is 7.05 Å². The zero-order valence-electron chi connectivity index (χ0n) is 15.8. The minimum absolute atomic E-state index is 0.0913. The highest BCUT2D eigenvalue weighted by molar-refractivity contribution is 7.88. The molecule has 3 aromatic rings. The number of pyridine rings is 1. The normalized spacial score (nSPS) is 11.1. The van der Waals surface area contributed by atoms with E-state index in [0.717, 1.165) is 5.56 Å². The number of ether oxygens (including phenoxy) is 1. The van der Waals surface area contributed by atoms with Gasteiger partial charge in [-0.25, -0.2) is 18.1 Å². The van der Waals surface area contributed by atoms with Gasteiger partial charge in [-0.15, -0.1) is 0 Å². The van der Waals surface area contributed by atoms with Crippen LogP contribution in [0.3, 0.4) is 0 Å². The number of hydrogen-bond acceptors (Lipinski definition) is 5. The van der Waals surface area contributed by atoms with Crippen LogP contribution in [0.2, 0.25) is 0 Å². The van der Waals surface area contributed by atoms with Crippen molar-refractivity contribution in [1.29, 1.82) is 0 Å². The fourth-order valence-electron chi connectivity index (χ4n) is 2.57. The Morgan fingerprint density at radius 2 is 1.66 bits per heavy atom. The number of carbonyl (C=O) groups excluding carboxylic acids is 1. The minimum Gasteiger partial charge on any atom is -0.438 e. The van der Waals surface area contributed by atoms with E-state index in [9.17, 15) is 13.2 Å². The molecule has 150 valence electrons. The van der Waals surface area contributed by atoms with Crippen molar-refractivity contribution in [2.75, 3.05) is 7.05 Å². The molecule has 3 rings (SSSR count). The zero-order valence-corrected chi connectivity index (χ0v) is 16.6. The van der Waals surface area contributed by atoms with E-state index in [-0.39, 0.29) is 24.1 Å². The molecule has 1 aromatic heterocycles. The fourth-order valence-corrected chi connectivity index (χ4v) is 3.34. The number of carbonyl (C=O) groups is 1. The number of nitrogens with zero attached hydrogens (tertiary/aromatic N) is 1. The van der Waals surface area contributed by atoms with E-state index >= 15 is 0 Å². The predicted molar refractivity (Wildman–Crippen MR) is 110 cm³/mol. The van der Waals surface area contributed by atoms with Gasteiger partial charge in [-0.3, -0.25) is 4.79 Å². The highest BCUT2D eigenvalue weighted by Gasteiger charge is 2.14. The van der Waals surface area contributed by atoms with Gasteiger partial charge < -0.3 is 10.1 Å². The molecule has 0 fully saturated rings. The topological polar surface area (TPSA) is 97.4 Å². The summed E-state index contributed by atoms with van der Waals surface area (Å²) < 4.78 is 31.2. The molecule has 2 aromatic carbocycles. The Morgan fingerprint density at radius 1 is 0.966 bits per heavy atom. The van der Waals surface area contributed by atoms with Crippen molar-refractivity contribution in [3.63, 3.8) is 0 Å². The number of rotatable bonds is 8. The van der Waals surface area contributed by atoms with Gasteiger partial charge in [-0.05, 0) is 42.4 Å². The van der Waals surface area contributed by atoms with Crippen molar-refractivity contribution in [2.45, 2.75) is 12.3 Å². The van der Waals surface area contributed by atoms with Crippen LogP contribution in [0.15, 0.2) is 72.9 Å². The fraction of sp³-hybridized carbons (Fsp3) is 0.143. The lowest BCUT2D eigenvalue weighted by atomic mass is 10.1. The van der Waals surface area contributed by atoms with E-state index in [2.05, 4.69) is 15.0 Å². The first-order valence-electron chi connectivity index (χ1n) is 8.92. The van der Waals surface area contributed by atoms with Crippen LogP contribution in [0.25, 0.3) is 0 Å². The van der Waals surface area contributed by atoms with Crippen LogP contribution in [0.1, 0.15) is 21.5 Å². The van der Waals surface area contributed by atoms with Crippen molar-refractivity contribution in [3.05, 3.63) is 89.6 Å². The molecule has 8 heteroatoms. The molecule has 0 unspecified atom stereocenters. The average molecular weight is 411 g/mol. The van der Waals surface area contributed by atoms with Crippen LogP contribution in [0.5, 0.6) is 11.6 Å². The Labute approximate surface area is 169 Å². The molecule has 0 saturated carbocycles. The van der Waals surface area contributed by atoms with E-state index in [0.29, 0.717) is 16.9 Å². The van der Waals surface area contributed by atoms with Gasteiger partial charge in [0.1, 0.15) is 11.3 Å². The molecular formula is C21H21N3O4S. The quantitative estimate of drug-likeness (QED) is 0.594. The number of nitrogens with one attached hydrogen (secondary N) is 2. The number of hydrogen-bond donors (Lipinski definition) is 2. The van der Waals surface area contributed by atoms with Crippen molar-refractivity contribution >= 4 is 15.9 Å². The summed E-state index contributed by atoms with van der Waals surface area (Å²) in [5.74, 6) is 0.411. The molecule has 0 aliphatic carbocycles. The first-order valence-corrected chi connectivity index (χ1v) is 10.6. The predicted octanol–water partition coefficient (Wildman–Crippen LogP) is 2.85. The molecule has 0 radical (unpaired) electrons. The number of amides is 1. The molecule has 0 saturated heterocycles. The zero-order chi connectivity index (χ0) is 20.7. The monoisotopic (exact) mass is 411 g/mol. The summed E-state index contributed by atoms with van der Waals surface area (Å²) in [6.07, 6.45) is 1.56. The molecular weight excluding hydrogens is 390 g/mol. The third-order valence-electron chi connectivity index (χ3n) is 4.12. The maximum absolute atomic E-state index is 12.6. The van der Waals surface area contributed by atoms with Crippen LogP contribution >= 0.6 is 0 Å². The van der Waals surface area contributed by atoms with E-state index in [4.69, 9.17) is 4.74 Å². The summed E-state index contributed by atoms with van der Waals surface area (Å²) >= 11 is 0. The highest BCUT2D eigenvalue weighted by atomic mass is 32.2. The average Bonchev–Trinajstić information content (AvgIpc) is 2.74. The Kier molecular flexibility index (Phi) is 6.58. The Balaban J connectivity index is 1.64. The van der Waals surface area contributed by atoms with E-state index < -0.39 is 10.0 Å². The van der Waals surface area contributed by atoms with Crippen molar-refractivity contribution in [3.8, 4) is 11.6 Å². The Bertz CT molecular complexity index is 1070. The summed E-state index contributed by atoms with van der Waals surface area (Å²) in [5, 5.41) is 2.83. The highest BCUT2D eigenvalue weighted by Crippen LogP contribution is 2.22. The van der Waals surface area contributed by atoms with Crippen molar-refractivity contribution < 1.29 is 17.9 Å². The molecule has 0 spiro atoms. The van der Waals surface area contributed by atoms with Gasteiger partial charge in [0.25, 0.3) is 5.91 Å². The summed E-state index contributed by atoms with van der Waals surface area (Å²) in [5.41, 5.74) is 1.84. The largest absolute Gasteiger partial charge is 0.438 e. The number of para-hydroxylation sites is 1. The summed E-state index contributed by atoms with van der Waals surface area (Å²) in [6, 6.07) is 19.4. The minimum atomic E-state index is -3.32. The third-order valence-corrected chi connectivity index (χ3v) is 5.45. The lowest BCUT2D eigenvalue weighted by Gasteiger charge is -2.11. The van der Waals surface area contributed by atoms with Crippen LogP contribution < -0.4 is 14.8 Å². The SMILES string of the molecule is CNS(=O)(=O)Cc1ccc(CNC(=O)c2cccnc2Oc2ccccc2)cc1. The maximum Gasteiger partial charge on any atom is 0.257 e. The lowest BCUT2D eigenvalue weighted by Crippen LogP contribution is -2.23. The van der Waals surface area contributed by atoms with Crippen LogP contribution in [-0.2, 0) is 22.3 Å². The molecule has 2 N–H and O–H groups in total. The second-order valence-corrected chi connectivity index (χ2v) is 8.16. The number of benzene rings is 2. The maximum atomic E-state index is 12.6. The molecule has 0 bridgehead atoms. The van der Waals surface area contributed by atoms with E-state index in [1.54, 1.807) is 54.7 Å². The molecule has 1 amide bonds. The Hall–Kier alpha value is -3.23. The lowest BCUT2D eigenvalue weighted by molar-refractivity contribution is 0.0948. The molecule has 7 nitrogen and oxygen atoms in total. The summed E-state index contributed by atoms with van der Waals surface area (Å²) in [4.78, 5) is 16.8. The molecule has 0 aliphatic heterocycles. The molecule has 29 heavy (non-hydrogen) atoms. The van der Waals surface area contributed by atoms with Gasteiger partial charge in [0, 0.05) is 12.7 Å². The van der Waals surface area contributed by atoms with Crippen LogP contribution in [0.4, 0.5) is 0 Å². The summed E-state index contributed by atoms with van der Waals surface area (Å²) in [7, 11) is -1.94. The standard InChI is InChI=1S/C21H21N3O4S/c1-22-29(26,27)15-17-11-9-16(10-12-17)14-24-20(25)19-8-5-13-23-21(19)28-18-6-3-2-4-7-18/h2-13,22H,14-15H2,1H3,(H,24,25). The van der Waals surface area contributed by atoms with Crippen molar-refractivity contribution in [1.82, 2.24) is 15.0 Å². The van der Waals surface area contributed by atoms with Gasteiger partial charge in [0.15, 0.2) is 0 Å². The first-order chi connectivity index (χ1) is 14.0. The summed E-state index contributed by atoms with van der Waals surface area (Å²) in [6.45, 7) is 0.289. The van der Waals surface area contributed by atoms with Crippen molar-refractivity contribution in [2.24, 2.45) is 0 Å².